The number of fused-ring (bicyclic) bond motifs is 9. The highest BCUT2D eigenvalue weighted by molar-refractivity contribution is 6.14. The quantitative estimate of drug-likeness (QED) is 0.177. The first-order chi connectivity index (χ1) is 28.2. The van der Waals surface area contributed by atoms with Crippen LogP contribution >= 0.6 is 0 Å². The van der Waals surface area contributed by atoms with Crippen LogP contribution in [0.1, 0.15) is 0 Å². The monoisotopic (exact) mass is 729 g/mol. The van der Waals surface area contributed by atoms with E-state index in [1.807, 2.05) is 48.5 Å². The molecule has 0 unspecified atom stereocenters. The van der Waals surface area contributed by atoms with Crippen LogP contribution in [0.3, 0.4) is 0 Å². The number of hydrogen-bond acceptors (Lipinski definition) is 4. The number of benzene rings is 8. The Balaban J connectivity index is 1.06. The molecule has 4 aromatic heterocycles. The lowest BCUT2D eigenvalue weighted by atomic mass is 10.0. The van der Waals surface area contributed by atoms with Gasteiger partial charge in [0, 0.05) is 54.7 Å². The van der Waals surface area contributed by atoms with Crippen molar-refractivity contribution in [3.05, 3.63) is 188 Å². The molecule has 0 saturated carbocycles. The van der Waals surface area contributed by atoms with Gasteiger partial charge in [-0.05, 0) is 77.9 Å². The lowest BCUT2D eigenvalue weighted by Gasteiger charge is -2.11. The van der Waals surface area contributed by atoms with Crippen LogP contribution in [0.15, 0.2) is 197 Å². The van der Waals surface area contributed by atoms with Gasteiger partial charge in [0.15, 0.2) is 5.82 Å². The summed E-state index contributed by atoms with van der Waals surface area (Å²) in [4.78, 5) is 10.4. The largest absolute Gasteiger partial charge is 0.456 e. The fourth-order valence-corrected chi connectivity index (χ4v) is 8.56. The maximum atomic E-state index is 6.57. The minimum absolute atomic E-state index is 0.624. The van der Waals surface area contributed by atoms with E-state index in [2.05, 4.69) is 144 Å². The van der Waals surface area contributed by atoms with Gasteiger partial charge in [-0.1, -0.05) is 121 Å². The molecule has 266 valence electrons. The van der Waals surface area contributed by atoms with Crippen LogP contribution < -0.4 is 0 Å². The lowest BCUT2D eigenvalue weighted by molar-refractivity contribution is 0.668. The maximum Gasteiger partial charge on any atom is 0.160 e. The van der Waals surface area contributed by atoms with E-state index in [0.29, 0.717) is 5.82 Å². The molecule has 0 saturated heterocycles. The molecule has 0 atom stereocenters. The van der Waals surface area contributed by atoms with Crippen LogP contribution in [-0.4, -0.2) is 14.5 Å². The van der Waals surface area contributed by atoms with Gasteiger partial charge in [-0.15, -0.1) is 0 Å². The predicted octanol–water partition coefficient (Wildman–Crippen LogP) is 14.0. The number of para-hydroxylation sites is 2. The Morgan fingerprint density at radius 2 is 1.02 bits per heavy atom. The van der Waals surface area contributed by atoms with Gasteiger partial charge >= 0.3 is 0 Å². The van der Waals surface area contributed by atoms with Crippen LogP contribution in [0.5, 0.6) is 0 Å². The summed E-state index contributed by atoms with van der Waals surface area (Å²) in [5.41, 5.74) is 13.6. The first-order valence-electron chi connectivity index (χ1n) is 19.1. The summed E-state index contributed by atoms with van der Waals surface area (Å²) in [6, 6.07) is 65.5. The average Bonchev–Trinajstić information content (AvgIpc) is 3.95. The topological polar surface area (TPSA) is 57.0 Å². The molecule has 0 radical (unpaired) electrons. The zero-order valence-electron chi connectivity index (χ0n) is 30.6. The summed E-state index contributed by atoms with van der Waals surface area (Å²) in [6.07, 6.45) is 0. The third kappa shape index (κ3) is 5.03. The molecular weight excluding hydrogens is 699 g/mol. The molecule has 4 heterocycles. The molecule has 12 rings (SSSR count). The van der Waals surface area contributed by atoms with Gasteiger partial charge in [-0.25, -0.2) is 9.97 Å². The van der Waals surface area contributed by atoms with E-state index >= 15 is 0 Å². The summed E-state index contributed by atoms with van der Waals surface area (Å²) in [5, 5.41) is 6.62. The van der Waals surface area contributed by atoms with Crippen molar-refractivity contribution in [1.29, 1.82) is 0 Å². The van der Waals surface area contributed by atoms with E-state index in [0.717, 1.165) is 88.7 Å². The van der Waals surface area contributed by atoms with Gasteiger partial charge in [0.1, 0.15) is 22.3 Å². The smallest absolute Gasteiger partial charge is 0.160 e. The van der Waals surface area contributed by atoms with Crippen molar-refractivity contribution in [2.75, 3.05) is 0 Å². The van der Waals surface area contributed by atoms with E-state index in [-0.39, 0.29) is 0 Å². The molecule has 0 aliphatic rings. The van der Waals surface area contributed by atoms with Crippen molar-refractivity contribution in [2.45, 2.75) is 0 Å². The molecule has 0 spiro atoms. The molecule has 57 heavy (non-hydrogen) atoms. The second kappa shape index (κ2) is 12.4. The maximum absolute atomic E-state index is 6.57. The Labute approximate surface area is 326 Å². The molecule has 8 aromatic carbocycles. The zero-order chi connectivity index (χ0) is 37.5. The molecular formula is C52H31N3O2. The van der Waals surface area contributed by atoms with Gasteiger partial charge in [-0.2, -0.15) is 0 Å². The lowest BCUT2D eigenvalue weighted by Crippen LogP contribution is -1.96. The second-order valence-corrected chi connectivity index (χ2v) is 14.5. The summed E-state index contributed by atoms with van der Waals surface area (Å²) >= 11 is 0. The highest BCUT2D eigenvalue weighted by atomic mass is 16.3. The van der Waals surface area contributed by atoms with E-state index in [4.69, 9.17) is 18.8 Å². The fraction of sp³-hybridized carbons (Fsp3) is 0. The fourth-order valence-electron chi connectivity index (χ4n) is 8.56. The molecule has 0 aliphatic carbocycles. The normalized spacial score (nSPS) is 11.9. The van der Waals surface area contributed by atoms with Crippen molar-refractivity contribution in [3.8, 4) is 50.7 Å². The molecule has 0 amide bonds. The summed E-state index contributed by atoms with van der Waals surface area (Å²) in [5.74, 6) is 0.624. The summed E-state index contributed by atoms with van der Waals surface area (Å²) in [7, 11) is 0. The number of nitrogens with zero attached hydrogens (tertiary/aromatic N) is 3. The molecule has 5 nitrogen and oxygen atoms in total. The Morgan fingerprint density at radius 1 is 0.351 bits per heavy atom. The number of furan rings is 2. The van der Waals surface area contributed by atoms with Gasteiger partial charge in [-0.3, -0.25) is 0 Å². The van der Waals surface area contributed by atoms with E-state index in [9.17, 15) is 0 Å². The predicted molar refractivity (Wildman–Crippen MR) is 233 cm³/mol. The van der Waals surface area contributed by atoms with Crippen LogP contribution in [0.25, 0.3) is 116 Å². The molecule has 0 N–H and O–H groups in total. The third-order valence-electron chi connectivity index (χ3n) is 11.2. The Morgan fingerprint density at radius 3 is 1.89 bits per heavy atom. The zero-order valence-corrected chi connectivity index (χ0v) is 30.6. The first-order valence-corrected chi connectivity index (χ1v) is 19.1. The van der Waals surface area contributed by atoms with Crippen LogP contribution in [-0.2, 0) is 0 Å². The SMILES string of the molecule is c1ccc(-c2ccc3c(c2)c2ccccc2n3-c2ccc3oc4cccc(-c5cc(-c6ccccc6)nc(-c6ccc7c(c6)oc6ccccc67)n5)c4c3c2)cc1. The number of rotatable bonds is 5. The van der Waals surface area contributed by atoms with Gasteiger partial charge in [0.2, 0.25) is 0 Å². The number of hydrogen-bond donors (Lipinski definition) is 0. The average molecular weight is 730 g/mol. The Kier molecular flexibility index (Phi) is 6.86. The van der Waals surface area contributed by atoms with E-state index in [1.54, 1.807) is 0 Å². The molecule has 0 aliphatic heterocycles. The Hall–Kier alpha value is -7.76. The van der Waals surface area contributed by atoms with Crippen molar-refractivity contribution in [3.63, 3.8) is 0 Å². The molecule has 12 aromatic rings. The number of aromatic nitrogens is 3. The van der Waals surface area contributed by atoms with Crippen molar-refractivity contribution in [1.82, 2.24) is 14.5 Å². The molecule has 0 fully saturated rings. The van der Waals surface area contributed by atoms with E-state index in [1.165, 1.54) is 21.9 Å². The molecule has 5 heteroatoms. The van der Waals surface area contributed by atoms with Gasteiger partial charge in [0.25, 0.3) is 0 Å². The minimum atomic E-state index is 0.624. The van der Waals surface area contributed by atoms with Gasteiger partial charge < -0.3 is 13.4 Å². The van der Waals surface area contributed by atoms with E-state index < -0.39 is 0 Å². The van der Waals surface area contributed by atoms with Gasteiger partial charge in [0.05, 0.1) is 22.4 Å². The van der Waals surface area contributed by atoms with Crippen molar-refractivity contribution < 1.29 is 8.83 Å². The minimum Gasteiger partial charge on any atom is -0.456 e. The van der Waals surface area contributed by atoms with Crippen molar-refractivity contribution in [2.24, 2.45) is 0 Å². The van der Waals surface area contributed by atoms with Crippen LogP contribution in [0, 0.1) is 0 Å². The Bertz CT molecular complexity index is 3520. The summed E-state index contributed by atoms with van der Waals surface area (Å²) in [6.45, 7) is 0. The third-order valence-corrected chi connectivity index (χ3v) is 11.2. The molecule has 0 bridgehead atoms. The summed E-state index contributed by atoms with van der Waals surface area (Å²) < 4.78 is 15.2. The van der Waals surface area contributed by atoms with Crippen LogP contribution in [0.4, 0.5) is 0 Å². The van der Waals surface area contributed by atoms with Crippen LogP contribution in [0.2, 0.25) is 0 Å². The highest BCUT2D eigenvalue weighted by Crippen LogP contribution is 2.41. The van der Waals surface area contributed by atoms with Crippen molar-refractivity contribution >= 4 is 65.7 Å². The second-order valence-electron chi connectivity index (χ2n) is 14.5. The first kappa shape index (κ1) is 31.6. The highest BCUT2D eigenvalue weighted by Gasteiger charge is 2.20. The standard InChI is InChI=1S/C52H31N3O2/c1-3-12-32(13-4-1)34-23-26-46-41(28-34)37-16-7-9-19-45(37)55(46)36-24-27-48-42(30-36)51-40(18-11-21-49(51)56-48)44-31-43(33-14-5-2-6-15-33)53-52(54-44)35-22-25-39-38-17-8-10-20-47(38)57-50(39)29-35/h1-31H.